The summed E-state index contributed by atoms with van der Waals surface area (Å²) in [6, 6.07) is 13.6. The fraction of sp³-hybridized carbons (Fsp3) is 0.282. The molecular weight excluding hydrogens is 745 g/mol. The van der Waals surface area contributed by atoms with Crippen LogP contribution < -0.4 is 9.80 Å². The van der Waals surface area contributed by atoms with Crippen LogP contribution in [-0.2, 0) is 31.5 Å². The molecule has 54 heavy (non-hydrogen) atoms. The van der Waals surface area contributed by atoms with E-state index >= 15 is 0 Å². The van der Waals surface area contributed by atoms with Crippen LogP contribution in [0.4, 0.5) is 42.1 Å². The molecule has 15 heteroatoms. The molecule has 4 aliphatic rings. The largest absolute Gasteiger partial charge is 0.507 e. The number of halogens is 8. The van der Waals surface area contributed by atoms with E-state index in [9.17, 15) is 55.0 Å². The maximum atomic E-state index is 14.7. The minimum absolute atomic E-state index is 0.0144. The van der Waals surface area contributed by atoms with Crippen molar-refractivity contribution in [2.24, 2.45) is 29.1 Å². The molecule has 6 atom stereocenters. The number of rotatable bonds is 3. The molecule has 2 heterocycles. The number of benzene rings is 4. The van der Waals surface area contributed by atoms with Gasteiger partial charge in [-0.25, -0.2) is 14.2 Å². The Hall–Kier alpha value is -5.24. The summed E-state index contributed by atoms with van der Waals surface area (Å²) in [7, 11) is 0. The van der Waals surface area contributed by atoms with Crippen LogP contribution in [-0.4, -0.2) is 28.7 Å². The average molecular weight is 771 g/mol. The normalized spacial score (nSPS) is 27.0. The van der Waals surface area contributed by atoms with Gasteiger partial charge in [0.1, 0.15) is 11.6 Å². The van der Waals surface area contributed by atoms with E-state index in [1.807, 2.05) is 0 Å². The van der Waals surface area contributed by atoms with Gasteiger partial charge in [-0.15, -0.1) is 0 Å². The first-order valence-electron chi connectivity index (χ1n) is 16.7. The quantitative estimate of drug-likeness (QED) is 0.128. The third-order valence-corrected chi connectivity index (χ3v) is 11.8. The summed E-state index contributed by atoms with van der Waals surface area (Å²) in [6.45, 7) is 1.59. The van der Waals surface area contributed by atoms with Crippen LogP contribution in [0.5, 0.6) is 5.75 Å². The molecule has 4 aromatic carbocycles. The molecule has 8 rings (SSSR count). The Balaban J connectivity index is 1.29. The molecule has 4 aromatic rings. The Labute approximate surface area is 306 Å². The summed E-state index contributed by atoms with van der Waals surface area (Å²) < 4.78 is 97.2. The standard InChI is InChI=1S/C39H26ClF7N2O5/c1-37-27(34(52)49(36(37)54)19-6-10-29(41)28(40)15-19)16-26-24(32(37)23-9-11-30(50)22-5-3-2-4-21(22)23)7-8-25-31(26)35(53)48(33(25)51)20-13-17(38(42,43)44)12-18(14-20)39(45,46)47/h2-7,9-15,25-27,31-32,50H,8,16H2,1H3. The molecule has 2 aliphatic heterocycles. The number of nitrogens with zero attached hydrogens (tertiary/aromatic N) is 2. The highest BCUT2D eigenvalue weighted by Gasteiger charge is 2.68. The monoisotopic (exact) mass is 770 g/mol. The van der Waals surface area contributed by atoms with E-state index in [0.29, 0.717) is 38.9 Å². The zero-order chi connectivity index (χ0) is 38.8. The Bertz CT molecular complexity index is 2340. The number of carbonyl (C=O) groups excluding carboxylic acids is 4. The van der Waals surface area contributed by atoms with Crippen molar-refractivity contribution >= 4 is 57.4 Å². The number of carbonyl (C=O) groups is 4. The zero-order valence-electron chi connectivity index (χ0n) is 27.8. The van der Waals surface area contributed by atoms with E-state index in [1.165, 1.54) is 12.1 Å². The van der Waals surface area contributed by atoms with Gasteiger partial charge >= 0.3 is 12.4 Å². The first kappa shape index (κ1) is 35.8. The molecule has 7 nitrogen and oxygen atoms in total. The van der Waals surface area contributed by atoms with Gasteiger partial charge < -0.3 is 5.11 Å². The van der Waals surface area contributed by atoms with Crippen molar-refractivity contribution < 1.29 is 55.0 Å². The summed E-state index contributed by atoms with van der Waals surface area (Å²) in [5, 5.41) is 11.3. The highest BCUT2D eigenvalue weighted by atomic mass is 35.5. The average Bonchev–Trinajstić information content (AvgIpc) is 3.48. The lowest BCUT2D eigenvalue weighted by molar-refractivity contribution is -0.143. The molecule has 2 saturated heterocycles. The highest BCUT2D eigenvalue weighted by Crippen LogP contribution is 2.64. The molecule has 4 amide bonds. The number of aromatic hydroxyl groups is 1. The Morgan fingerprint density at radius 2 is 1.41 bits per heavy atom. The number of anilines is 2. The summed E-state index contributed by atoms with van der Waals surface area (Å²) in [6.07, 6.45) is -9.15. The van der Waals surface area contributed by atoms with Crippen LogP contribution in [0.1, 0.15) is 42.4 Å². The maximum Gasteiger partial charge on any atom is 0.416 e. The molecular formula is C39H26ClF7N2O5. The van der Waals surface area contributed by atoms with Crippen molar-refractivity contribution in [2.45, 2.75) is 38.0 Å². The van der Waals surface area contributed by atoms with Crippen molar-refractivity contribution in [3.8, 4) is 5.75 Å². The number of allylic oxidation sites excluding steroid dienone is 2. The second-order valence-corrected chi connectivity index (χ2v) is 14.7. The molecule has 2 aliphatic carbocycles. The third-order valence-electron chi connectivity index (χ3n) is 11.5. The van der Waals surface area contributed by atoms with E-state index in [-0.39, 0.29) is 35.4 Å². The Morgan fingerprint density at radius 3 is 2.04 bits per heavy atom. The van der Waals surface area contributed by atoms with E-state index in [2.05, 4.69) is 0 Å². The van der Waals surface area contributed by atoms with E-state index in [4.69, 9.17) is 11.6 Å². The number of fused-ring (bicyclic) bond motifs is 5. The molecule has 3 fully saturated rings. The van der Waals surface area contributed by atoms with Gasteiger partial charge in [0, 0.05) is 11.3 Å². The van der Waals surface area contributed by atoms with Crippen molar-refractivity contribution in [1.29, 1.82) is 0 Å². The zero-order valence-corrected chi connectivity index (χ0v) is 28.6. The Morgan fingerprint density at radius 1 is 0.759 bits per heavy atom. The fourth-order valence-corrected chi connectivity index (χ4v) is 9.28. The van der Waals surface area contributed by atoms with E-state index in [1.54, 1.807) is 43.3 Å². The lowest BCUT2D eigenvalue weighted by Crippen LogP contribution is -2.49. The van der Waals surface area contributed by atoms with Gasteiger partial charge in [-0.05, 0) is 79.1 Å². The number of hydrogen-bond acceptors (Lipinski definition) is 5. The second-order valence-electron chi connectivity index (χ2n) is 14.3. The molecule has 0 bridgehead atoms. The molecule has 0 radical (unpaired) electrons. The molecule has 1 N–H and O–H groups in total. The maximum absolute atomic E-state index is 14.7. The van der Waals surface area contributed by atoms with E-state index in [0.717, 1.165) is 17.0 Å². The molecule has 1 saturated carbocycles. The van der Waals surface area contributed by atoms with Crippen LogP contribution >= 0.6 is 11.6 Å². The molecule has 0 aromatic heterocycles. The lowest BCUT2D eigenvalue weighted by atomic mass is 9.51. The van der Waals surface area contributed by atoms with Gasteiger partial charge in [0.2, 0.25) is 23.6 Å². The number of alkyl halides is 6. The smallest absolute Gasteiger partial charge is 0.416 e. The number of hydrogen-bond donors (Lipinski definition) is 1. The minimum Gasteiger partial charge on any atom is -0.507 e. The number of phenols is 1. The second kappa shape index (κ2) is 11.9. The summed E-state index contributed by atoms with van der Waals surface area (Å²) in [5.74, 6) is -9.91. The minimum atomic E-state index is -5.24. The first-order chi connectivity index (χ1) is 25.3. The van der Waals surface area contributed by atoms with Gasteiger partial charge in [0.15, 0.2) is 0 Å². The summed E-state index contributed by atoms with van der Waals surface area (Å²) in [5.41, 5.74) is -4.91. The lowest BCUT2D eigenvalue weighted by Gasteiger charge is -2.49. The third kappa shape index (κ3) is 5.09. The molecule has 6 unspecified atom stereocenters. The van der Waals surface area contributed by atoms with Crippen molar-refractivity contribution in [3.05, 3.63) is 112 Å². The predicted molar refractivity (Wildman–Crippen MR) is 181 cm³/mol. The number of phenolic OH excluding ortho intramolecular Hbond substituents is 1. The Kier molecular flexibility index (Phi) is 7.87. The van der Waals surface area contributed by atoms with Gasteiger partial charge in [-0.1, -0.05) is 53.6 Å². The number of imide groups is 2. The topological polar surface area (TPSA) is 95.0 Å². The van der Waals surface area contributed by atoms with Crippen LogP contribution in [0, 0.1) is 34.9 Å². The fourth-order valence-electron chi connectivity index (χ4n) is 9.11. The van der Waals surface area contributed by atoms with Gasteiger partial charge in [-0.2, -0.15) is 26.3 Å². The molecule has 278 valence electrons. The predicted octanol–water partition coefficient (Wildman–Crippen LogP) is 8.81. The number of amides is 4. The SMILES string of the molecule is CC12C(=O)N(c3ccc(F)c(Cl)c3)C(=O)C1CC1C(=CCC3C(=O)N(c4cc(C(F)(F)F)cc(C(F)(F)F)c4)C(=O)C31)C2c1ccc(O)c2ccccc12. The van der Waals surface area contributed by atoms with Gasteiger partial charge in [0.25, 0.3) is 0 Å². The summed E-state index contributed by atoms with van der Waals surface area (Å²) >= 11 is 6.05. The van der Waals surface area contributed by atoms with Crippen molar-refractivity contribution in [2.75, 3.05) is 9.80 Å². The van der Waals surface area contributed by atoms with Crippen LogP contribution in [0.3, 0.4) is 0 Å². The first-order valence-corrected chi connectivity index (χ1v) is 17.1. The van der Waals surface area contributed by atoms with E-state index < -0.39 is 93.6 Å². The summed E-state index contributed by atoms with van der Waals surface area (Å²) in [4.78, 5) is 58.7. The van der Waals surface area contributed by atoms with Crippen molar-refractivity contribution in [1.82, 2.24) is 0 Å². The highest BCUT2D eigenvalue weighted by molar-refractivity contribution is 6.32. The van der Waals surface area contributed by atoms with Crippen molar-refractivity contribution in [3.63, 3.8) is 0 Å². The van der Waals surface area contributed by atoms with Gasteiger partial charge in [0.05, 0.1) is 50.7 Å². The van der Waals surface area contributed by atoms with Gasteiger partial charge in [-0.3, -0.25) is 19.2 Å². The van der Waals surface area contributed by atoms with Crippen LogP contribution in [0.15, 0.2) is 84.4 Å². The van der Waals surface area contributed by atoms with Crippen LogP contribution in [0.2, 0.25) is 5.02 Å². The van der Waals surface area contributed by atoms with Crippen LogP contribution in [0.25, 0.3) is 10.8 Å². The molecule has 0 spiro atoms.